The summed E-state index contributed by atoms with van der Waals surface area (Å²) in [7, 11) is 1.80. The van der Waals surface area contributed by atoms with Crippen molar-refractivity contribution in [3.05, 3.63) is 34.8 Å². The van der Waals surface area contributed by atoms with E-state index in [0.717, 1.165) is 11.4 Å². The fraction of sp³-hybridized carbons (Fsp3) is 0.308. The van der Waals surface area contributed by atoms with Crippen LogP contribution in [0.2, 0.25) is 0 Å². The van der Waals surface area contributed by atoms with Crippen LogP contribution >= 0.6 is 0 Å². The Morgan fingerprint density at radius 1 is 1.26 bits per heavy atom. The molecule has 0 aliphatic heterocycles. The lowest BCUT2D eigenvalue weighted by atomic mass is 10.1. The van der Waals surface area contributed by atoms with Crippen molar-refractivity contribution in [1.82, 2.24) is 14.8 Å². The topological polar surface area (TPSA) is 89.8 Å². The van der Waals surface area contributed by atoms with Crippen molar-refractivity contribution < 1.29 is 4.74 Å². The molecule has 6 heteroatoms. The van der Waals surface area contributed by atoms with Gasteiger partial charge in [-0.2, -0.15) is 5.10 Å². The zero-order chi connectivity index (χ0) is 14.2. The van der Waals surface area contributed by atoms with Crippen LogP contribution in [0.1, 0.15) is 22.6 Å². The third-order valence-corrected chi connectivity index (χ3v) is 2.74. The Balaban J connectivity index is 2.50. The minimum Gasteiger partial charge on any atom is -0.438 e. The average molecular weight is 259 g/mol. The van der Waals surface area contributed by atoms with Crippen molar-refractivity contribution in [1.29, 1.82) is 5.41 Å². The Labute approximate surface area is 111 Å². The highest BCUT2D eigenvalue weighted by Gasteiger charge is 2.15. The molecule has 2 rings (SSSR count). The minimum absolute atomic E-state index is 0.0566. The predicted molar refractivity (Wildman–Crippen MR) is 72.7 cm³/mol. The van der Waals surface area contributed by atoms with Crippen LogP contribution in [-0.2, 0) is 7.05 Å². The molecule has 0 radical (unpaired) electrons. The van der Waals surface area contributed by atoms with Crippen LogP contribution in [0.15, 0.2) is 12.1 Å². The zero-order valence-electron chi connectivity index (χ0n) is 11.5. The van der Waals surface area contributed by atoms with Crippen LogP contribution in [0, 0.1) is 26.2 Å². The highest BCUT2D eigenvalue weighted by atomic mass is 16.5. The van der Waals surface area contributed by atoms with Gasteiger partial charge in [-0.05, 0) is 20.8 Å². The van der Waals surface area contributed by atoms with Gasteiger partial charge in [0, 0.05) is 24.9 Å². The van der Waals surface area contributed by atoms with E-state index in [2.05, 4.69) is 10.1 Å². The quantitative estimate of drug-likeness (QED) is 0.649. The molecule has 0 aromatic carbocycles. The Hall–Kier alpha value is -2.37. The van der Waals surface area contributed by atoms with Gasteiger partial charge in [-0.25, -0.2) is 4.68 Å². The summed E-state index contributed by atoms with van der Waals surface area (Å²) in [6.07, 6.45) is 0. The summed E-state index contributed by atoms with van der Waals surface area (Å²) in [4.78, 5) is 4.30. The molecule has 0 bridgehead atoms. The van der Waals surface area contributed by atoms with Crippen LogP contribution in [0.25, 0.3) is 0 Å². The second-order valence-corrected chi connectivity index (χ2v) is 4.49. The number of nitrogens with two attached hydrogens (primary N) is 1. The van der Waals surface area contributed by atoms with Gasteiger partial charge in [0.05, 0.1) is 17.0 Å². The van der Waals surface area contributed by atoms with E-state index in [1.165, 1.54) is 0 Å². The third-order valence-electron chi connectivity index (χ3n) is 2.74. The summed E-state index contributed by atoms with van der Waals surface area (Å²) < 4.78 is 7.47. The highest BCUT2D eigenvalue weighted by molar-refractivity contribution is 5.98. The molecule has 0 atom stereocenters. The number of aromatic nitrogens is 3. The fourth-order valence-corrected chi connectivity index (χ4v) is 2.00. The molecule has 6 nitrogen and oxygen atoms in total. The molecular formula is C13H17N5O. The molecule has 0 amide bonds. The van der Waals surface area contributed by atoms with Gasteiger partial charge in [-0.3, -0.25) is 10.4 Å². The van der Waals surface area contributed by atoms with Crippen molar-refractivity contribution in [2.75, 3.05) is 0 Å². The molecule has 0 aliphatic rings. The number of nitrogens with one attached hydrogen (secondary N) is 1. The summed E-state index contributed by atoms with van der Waals surface area (Å²) in [5.74, 6) is 1.07. The van der Waals surface area contributed by atoms with E-state index in [1.807, 2.05) is 26.8 Å². The van der Waals surface area contributed by atoms with Crippen LogP contribution in [-0.4, -0.2) is 20.6 Å². The van der Waals surface area contributed by atoms with Gasteiger partial charge < -0.3 is 10.5 Å². The largest absolute Gasteiger partial charge is 0.438 e. The number of hydrogen-bond acceptors (Lipinski definition) is 4. The highest BCUT2D eigenvalue weighted by Crippen LogP contribution is 2.27. The van der Waals surface area contributed by atoms with Crippen LogP contribution in [0.5, 0.6) is 11.6 Å². The Kier molecular flexibility index (Phi) is 3.25. The maximum Gasteiger partial charge on any atom is 0.217 e. The number of rotatable bonds is 3. The van der Waals surface area contributed by atoms with Crippen LogP contribution in [0.4, 0.5) is 0 Å². The molecule has 0 unspecified atom stereocenters. The lowest BCUT2D eigenvalue weighted by Gasteiger charge is -2.12. The Morgan fingerprint density at radius 2 is 1.95 bits per heavy atom. The number of aryl methyl sites for hydroxylation is 4. The number of ether oxygens (including phenoxy) is 1. The fourth-order valence-electron chi connectivity index (χ4n) is 2.00. The summed E-state index contributed by atoms with van der Waals surface area (Å²) in [5.41, 5.74) is 8.48. The van der Waals surface area contributed by atoms with E-state index < -0.39 is 0 Å². The number of hydrogen-bond donors (Lipinski definition) is 2. The molecule has 2 heterocycles. The molecule has 0 aliphatic carbocycles. The van der Waals surface area contributed by atoms with Gasteiger partial charge in [0.1, 0.15) is 11.6 Å². The SMILES string of the molecule is Cc1cc(Oc2cc(C)nn2C)c(C(=N)N)c(C)n1. The van der Waals surface area contributed by atoms with E-state index in [1.54, 1.807) is 17.8 Å². The van der Waals surface area contributed by atoms with Gasteiger partial charge in [0.25, 0.3) is 0 Å². The van der Waals surface area contributed by atoms with E-state index in [-0.39, 0.29) is 5.84 Å². The standard InChI is InChI=1S/C13H17N5O/c1-7-5-10(12(13(14)15)9(3)16-7)19-11-6-8(2)17-18(11)4/h5-6H,1-4H3,(H3,14,15). The number of pyridine rings is 1. The zero-order valence-corrected chi connectivity index (χ0v) is 11.5. The van der Waals surface area contributed by atoms with Gasteiger partial charge in [0.15, 0.2) is 0 Å². The molecule has 0 saturated carbocycles. The maximum absolute atomic E-state index is 7.65. The normalized spacial score (nSPS) is 10.5. The summed E-state index contributed by atoms with van der Waals surface area (Å²) in [6, 6.07) is 3.60. The summed E-state index contributed by atoms with van der Waals surface area (Å²) in [6.45, 7) is 5.57. The molecule has 0 fully saturated rings. The first-order valence-corrected chi connectivity index (χ1v) is 5.89. The van der Waals surface area contributed by atoms with E-state index >= 15 is 0 Å². The first-order chi connectivity index (χ1) is 8.88. The van der Waals surface area contributed by atoms with Gasteiger partial charge in [-0.1, -0.05) is 0 Å². The van der Waals surface area contributed by atoms with Crippen molar-refractivity contribution in [2.45, 2.75) is 20.8 Å². The van der Waals surface area contributed by atoms with Crippen LogP contribution in [0.3, 0.4) is 0 Å². The second kappa shape index (κ2) is 4.72. The van der Waals surface area contributed by atoms with Crippen LogP contribution < -0.4 is 10.5 Å². The van der Waals surface area contributed by atoms with Gasteiger partial charge in [-0.15, -0.1) is 0 Å². The lowest BCUT2D eigenvalue weighted by Crippen LogP contribution is -2.15. The Morgan fingerprint density at radius 3 is 2.47 bits per heavy atom. The first kappa shape index (κ1) is 13.1. The molecule has 0 spiro atoms. The van der Waals surface area contributed by atoms with Crippen molar-refractivity contribution in [2.24, 2.45) is 12.8 Å². The molecule has 19 heavy (non-hydrogen) atoms. The number of amidine groups is 1. The lowest BCUT2D eigenvalue weighted by molar-refractivity contribution is 0.428. The molecule has 100 valence electrons. The van der Waals surface area contributed by atoms with E-state index in [9.17, 15) is 0 Å². The van der Waals surface area contributed by atoms with E-state index in [0.29, 0.717) is 22.9 Å². The number of nitrogens with zero attached hydrogens (tertiary/aromatic N) is 3. The monoisotopic (exact) mass is 259 g/mol. The van der Waals surface area contributed by atoms with Crippen molar-refractivity contribution in [3.63, 3.8) is 0 Å². The molecular weight excluding hydrogens is 242 g/mol. The Bertz CT molecular complexity index is 645. The van der Waals surface area contributed by atoms with Gasteiger partial charge in [0.2, 0.25) is 5.88 Å². The maximum atomic E-state index is 7.65. The third kappa shape index (κ3) is 2.57. The summed E-state index contributed by atoms with van der Waals surface area (Å²) >= 11 is 0. The molecule has 0 saturated heterocycles. The number of nitrogen functional groups attached to an aromatic ring is 1. The van der Waals surface area contributed by atoms with E-state index in [4.69, 9.17) is 15.9 Å². The minimum atomic E-state index is -0.0566. The second-order valence-electron chi connectivity index (χ2n) is 4.49. The molecule has 2 aromatic rings. The molecule has 3 N–H and O–H groups in total. The predicted octanol–water partition coefficient (Wildman–Crippen LogP) is 1.82. The summed E-state index contributed by atoms with van der Waals surface area (Å²) in [5, 5.41) is 11.9. The van der Waals surface area contributed by atoms with Crippen molar-refractivity contribution in [3.8, 4) is 11.6 Å². The smallest absolute Gasteiger partial charge is 0.217 e. The molecule has 2 aromatic heterocycles. The first-order valence-electron chi connectivity index (χ1n) is 5.89. The van der Waals surface area contributed by atoms with Gasteiger partial charge >= 0.3 is 0 Å². The average Bonchev–Trinajstić information content (AvgIpc) is 2.55. The van der Waals surface area contributed by atoms with Crippen molar-refractivity contribution >= 4 is 5.84 Å².